The third-order valence-electron chi connectivity index (χ3n) is 4.98. The second-order valence-electron chi connectivity index (χ2n) is 7.19. The van der Waals surface area contributed by atoms with Crippen LogP contribution >= 0.6 is 0 Å². The number of phenols is 1. The molecule has 2 aromatic rings. The molecule has 0 heterocycles. The highest BCUT2D eigenvalue weighted by Crippen LogP contribution is 2.30. The van der Waals surface area contributed by atoms with Crippen LogP contribution in [0.4, 0.5) is 0 Å². The number of nitrogens with zero attached hydrogens (tertiary/aromatic N) is 2. The molecule has 3 heteroatoms. The molecule has 2 aromatic carbocycles. The van der Waals surface area contributed by atoms with Crippen LogP contribution in [0.5, 0.6) is 5.75 Å². The molecular weight excluding hydrogens is 296 g/mol. The van der Waals surface area contributed by atoms with E-state index in [1.807, 2.05) is 12.1 Å². The quantitative estimate of drug-likeness (QED) is 0.827. The van der Waals surface area contributed by atoms with Gasteiger partial charge in [0.1, 0.15) is 5.75 Å². The fraction of sp³-hybridized carbons (Fsp3) is 0.429. The first kappa shape index (κ1) is 17.0. The largest absolute Gasteiger partial charge is 0.508 e. The summed E-state index contributed by atoms with van der Waals surface area (Å²) in [7, 11) is 4.23. The first-order chi connectivity index (χ1) is 11.5. The molecular formula is C21H28N2O. The summed E-state index contributed by atoms with van der Waals surface area (Å²) in [5.41, 5.74) is 3.89. The minimum absolute atomic E-state index is 0.352. The van der Waals surface area contributed by atoms with Gasteiger partial charge in [-0.15, -0.1) is 0 Å². The molecule has 0 bridgehead atoms. The van der Waals surface area contributed by atoms with Gasteiger partial charge in [-0.05, 0) is 62.7 Å². The van der Waals surface area contributed by atoms with Crippen molar-refractivity contribution >= 4 is 0 Å². The van der Waals surface area contributed by atoms with Gasteiger partial charge in [-0.3, -0.25) is 4.90 Å². The minimum atomic E-state index is 0.352. The van der Waals surface area contributed by atoms with Gasteiger partial charge < -0.3 is 10.0 Å². The Labute approximate surface area is 145 Å². The van der Waals surface area contributed by atoms with Crippen molar-refractivity contribution in [3.8, 4) is 5.75 Å². The van der Waals surface area contributed by atoms with Crippen LogP contribution in [0.2, 0.25) is 0 Å². The third kappa shape index (κ3) is 4.37. The van der Waals surface area contributed by atoms with Crippen molar-refractivity contribution in [2.24, 2.45) is 0 Å². The molecule has 24 heavy (non-hydrogen) atoms. The second kappa shape index (κ2) is 7.37. The van der Waals surface area contributed by atoms with Gasteiger partial charge in [0.25, 0.3) is 0 Å². The first-order valence-electron chi connectivity index (χ1n) is 8.80. The van der Waals surface area contributed by atoms with Gasteiger partial charge in [0.15, 0.2) is 0 Å². The maximum Gasteiger partial charge on any atom is 0.115 e. The molecule has 1 aliphatic rings. The van der Waals surface area contributed by atoms with Crippen molar-refractivity contribution in [1.82, 2.24) is 9.80 Å². The monoisotopic (exact) mass is 324 g/mol. The number of benzene rings is 2. The molecule has 0 amide bonds. The normalized spacial score (nSPS) is 15.9. The topological polar surface area (TPSA) is 26.7 Å². The standard InChI is InChI=1S/C21H28N2O/c1-16(22(2)3)19-9-7-17(8-10-19)14-23(20-11-12-20)15-18-5-4-6-21(24)13-18/h4-10,13,16,20,24H,11-12,14-15H2,1-3H3/t16-/m1/s1. The van der Waals surface area contributed by atoms with Gasteiger partial charge >= 0.3 is 0 Å². The zero-order chi connectivity index (χ0) is 17.1. The maximum atomic E-state index is 9.67. The van der Waals surface area contributed by atoms with E-state index < -0.39 is 0 Å². The highest BCUT2D eigenvalue weighted by molar-refractivity contribution is 5.28. The van der Waals surface area contributed by atoms with Crippen LogP contribution in [-0.4, -0.2) is 35.0 Å². The van der Waals surface area contributed by atoms with Crippen molar-refractivity contribution in [2.75, 3.05) is 14.1 Å². The molecule has 128 valence electrons. The van der Waals surface area contributed by atoms with Gasteiger partial charge in [0.05, 0.1) is 0 Å². The van der Waals surface area contributed by atoms with Gasteiger partial charge in [-0.25, -0.2) is 0 Å². The molecule has 1 N–H and O–H groups in total. The Morgan fingerprint density at radius 3 is 2.25 bits per heavy atom. The van der Waals surface area contributed by atoms with E-state index in [1.165, 1.54) is 29.5 Å². The Morgan fingerprint density at radius 2 is 1.67 bits per heavy atom. The van der Waals surface area contributed by atoms with Crippen molar-refractivity contribution in [3.63, 3.8) is 0 Å². The van der Waals surface area contributed by atoms with Crippen LogP contribution in [0.15, 0.2) is 48.5 Å². The van der Waals surface area contributed by atoms with E-state index in [2.05, 4.69) is 61.2 Å². The molecule has 0 radical (unpaired) electrons. The Kier molecular flexibility index (Phi) is 5.22. The van der Waals surface area contributed by atoms with Crippen LogP contribution in [0, 0.1) is 0 Å². The third-order valence-corrected chi connectivity index (χ3v) is 4.98. The Hall–Kier alpha value is -1.84. The summed E-state index contributed by atoms with van der Waals surface area (Å²) in [4.78, 5) is 4.76. The highest BCUT2D eigenvalue weighted by atomic mass is 16.3. The summed E-state index contributed by atoms with van der Waals surface area (Å²) in [6.45, 7) is 4.10. The van der Waals surface area contributed by atoms with E-state index in [9.17, 15) is 5.11 Å². The summed E-state index contributed by atoms with van der Waals surface area (Å²) in [5.74, 6) is 0.352. The van der Waals surface area contributed by atoms with Crippen LogP contribution in [0.1, 0.15) is 42.5 Å². The predicted molar refractivity (Wildman–Crippen MR) is 98.9 cm³/mol. The summed E-state index contributed by atoms with van der Waals surface area (Å²) < 4.78 is 0. The van der Waals surface area contributed by atoms with Gasteiger partial charge in [0.2, 0.25) is 0 Å². The lowest BCUT2D eigenvalue weighted by molar-refractivity contribution is 0.245. The molecule has 0 spiro atoms. The lowest BCUT2D eigenvalue weighted by atomic mass is 10.0. The molecule has 1 saturated carbocycles. The molecule has 0 aliphatic heterocycles. The zero-order valence-corrected chi connectivity index (χ0v) is 14.9. The van der Waals surface area contributed by atoms with Crippen LogP contribution < -0.4 is 0 Å². The van der Waals surface area contributed by atoms with E-state index in [-0.39, 0.29) is 0 Å². The Balaban J connectivity index is 1.67. The van der Waals surface area contributed by atoms with Gasteiger partial charge in [0, 0.05) is 25.2 Å². The predicted octanol–water partition coefficient (Wildman–Crippen LogP) is 4.18. The number of hydrogen-bond acceptors (Lipinski definition) is 3. The zero-order valence-electron chi connectivity index (χ0n) is 14.9. The number of phenolic OH excluding ortho intramolecular Hbond substituents is 1. The van der Waals surface area contributed by atoms with E-state index in [1.54, 1.807) is 6.07 Å². The minimum Gasteiger partial charge on any atom is -0.508 e. The molecule has 1 fully saturated rings. The molecule has 0 unspecified atom stereocenters. The van der Waals surface area contributed by atoms with E-state index in [0.29, 0.717) is 17.8 Å². The smallest absolute Gasteiger partial charge is 0.115 e. The average molecular weight is 324 g/mol. The number of hydrogen-bond donors (Lipinski definition) is 1. The van der Waals surface area contributed by atoms with Crippen LogP contribution in [0.3, 0.4) is 0 Å². The van der Waals surface area contributed by atoms with Crippen molar-refractivity contribution in [3.05, 3.63) is 65.2 Å². The molecule has 1 aliphatic carbocycles. The SMILES string of the molecule is C[C@H](c1ccc(CN(Cc2cccc(O)c2)C2CC2)cc1)N(C)C. The summed E-state index contributed by atoms with van der Waals surface area (Å²) >= 11 is 0. The summed E-state index contributed by atoms with van der Waals surface area (Å²) in [5, 5.41) is 9.67. The molecule has 0 aromatic heterocycles. The Morgan fingerprint density at radius 1 is 1.00 bits per heavy atom. The highest BCUT2D eigenvalue weighted by Gasteiger charge is 2.29. The van der Waals surface area contributed by atoms with Crippen molar-refractivity contribution < 1.29 is 5.11 Å². The Bertz CT molecular complexity index is 662. The fourth-order valence-corrected chi connectivity index (χ4v) is 3.08. The van der Waals surface area contributed by atoms with Crippen LogP contribution in [0.25, 0.3) is 0 Å². The molecule has 3 rings (SSSR count). The van der Waals surface area contributed by atoms with Crippen molar-refractivity contribution in [2.45, 2.75) is 44.9 Å². The number of aromatic hydroxyl groups is 1. The average Bonchev–Trinajstić information content (AvgIpc) is 3.39. The second-order valence-corrected chi connectivity index (χ2v) is 7.19. The van der Waals surface area contributed by atoms with Crippen molar-refractivity contribution in [1.29, 1.82) is 0 Å². The molecule has 1 atom stereocenters. The van der Waals surface area contributed by atoms with Gasteiger partial charge in [-0.1, -0.05) is 36.4 Å². The van der Waals surface area contributed by atoms with E-state index in [0.717, 1.165) is 13.1 Å². The fourth-order valence-electron chi connectivity index (χ4n) is 3.08. The summed E-state index contributed by atoms with van der Waals surface area (Å²) in [6, 6.07) is 17.8. The summed E-state index contributed by atoms with van der Waals surface area (Å²) in [6.07, 6.45) is 2.57. The van der Waals surface area contributed by atoms with E-state index >= 15 is 0 Å². The van der Waals surface area contributed by atoms with Crippen LogP contribution in [-0.2, 0) is 13.1 Å². The lowest BCUT2D eigenvalue weighted by Crippen LogP contribution is -2.25. The molecule has 3 nitrogen and oxygen atoms in total. The van der Waals surface area contributed by atoms with Gasteiger partial charge in [-0.2, -0.15) is 0 Å². The lowest BCUT2D eigenvalue weighted by Gasteiger charge is -2.23. The first-order valence-corrected chi connectivity index (χ1v) is 8.80. The molecule has 0 saturated heterocycles. The maximum absolute atomic E-state index is 9.67. The number of rotatable bonds is 7. The van der Waals surface area contributed by atoms with E-state index in [4.69, 9.17) is 0 Å².